The molecule has 44 heavy (non-hydrogen) atoms. The number of likely N-dealkylation sites (tertiary alicyclic amines) is 1. The van der Waals surface area contributed by atoms with Crippen LogP contribution < -0.4 is 5.32 Å². The van der Waals surface area contributed by atoms with Crippen molar-refractivity contribution in [1.29, 1.82) is 0 Å². The Kier molecular flexibility index (Phi) is 10.7. The zero-order valence-corrected chi connectivity index (χ0v) is 27.4. The number of aliphatic hydroxyl groups is 1. The molecule has 1 aromatic carbocycles. The number of rotatable bonds is 14. The first-order chi connectivity index (χ1) is 20.9. The van der Waals surface area contributed by atoms with E-state index < -0.39 is 59.6 Å². The van der Waals surface area contributed by atoms with Crippen LogP contribution in [-0.2, 0) is 28.7 Å². The van der Waals surface area contributed by atoms with Crippen molar-refractivity contribution in [1.82, 2.24) is 15.1 Å². The van der Waals surface area contributed by atoms with Gasteiger partial charge in [-0.15, -0.1) is 13.2 Å². The van der Waals surface area contributed by atoms with E-state index in [1.807, 2.05) is 44.2 Å². The van der Waals surface area contributed by atoms with Crippen molar-refractivity contribution in [2.45, 2.75) is 93.8 Å². The van der Waals surface area contributed by atoms with Crippen molar-refractivity contribution in [2.75, 3.05) is 13.2 Å². The molecule has 0 aliphatic carbocycles. The third kappa shape index (κ3) is 6.10. The highest BCUT2D eigenvalue weighted by Gasteiger charge is 2.77. The van der Waals surface area contributed by atoms with E-state index in [0.29, 0.717) is 18.4 Å². The lowest BCUT2D eigenvalue weighted by Gasteiger charge is -2.39. The second-order valence-electron chi connectivity index (χ2n) is 12.3. The van der Waals surface area contributed by atoms with Crippen molar-refractivity contribution in [3.05, 3.63) is 61.2 Å². The van der Waals surface area contributed by atoms with Crippen LogP contribution in [0, 0.1) is 11.8 Å². The number of nitrogens with one attached hydrogen (secondary N) is 1. The number of benzene rings is 1. The molecule has 0 saturated carbocycles. The van der Waals surface area contributed by atoms with Crippen molar-refractivity contribution < 1.29 is 33.8 Å². The van der Waals surface area contributed by atoms with Gasteiger partial charge in [-0.25, -0.2) is 0 Å². The summed E-state index contributed by atoms with van der Waals surface area (Å²) in [4.78, 5) is 58.0. The van der Waals surface area contributed by atoms with Crippen LogP contribution >= 0.6 is 15.9 Å². The number of amides is 3. The fourth-order valence-electron chi connectivity index (χ4n) is 6.97. The maximum absolute atomic E-state index is 14.2. The second kappa shape index (κ2) is 14.0. The highest BCUT2D eigenvalue weighted by atomic mass is 79.9. The first kappa shape index (κ1) is 33.9. The lowest BCUT2D eigenvalue weighted by Crippen LogP contribution is -2.59. The van der Waals surface area contributed by atoms with Gasteiger partial charge in [-0.2, -0.15) is 0 Å². The molecule has 0 radical (unpaired) electrons. The number of carbonyl (C=O) groups is 4. The molecule has 3 amide bonds. The van der Waals surface area contributed by atoms with Gasteiger partial charge in [-0.05, 0) is 46.1 Å². The molecule has 1 unspecified atom stereocenters. The summed E-state index contributed by atoms with van der Waals surface area (Å²) in [7, 11) is 0. The molecule has 11 heteroatoms. The van der Waals surface area contributed by atoms with Gasteiger partial charge in [-0.3, -0.25) is 19.2 Å². The summed E-state index contributed by atoms with van der Waals surface area (Å²) in [6.45, 7) is 14.6. The molecule has 3 heterocycles. The molecule has 0 aromatic heterocycles. The molecule has 3 aliphatic heterocycles. The molecule has 3 aliphatic rings. The maximum atomic E-state index is 14.2. The molecular formula is C33H44BrN3O7. The number of esters is 1. The van der Waals surface area contributed by atoms with E-state index >= 15 is 0 Å². The zero-order valence-electron chi connectivity index (χ0n) is 25.9. The van der Waals surface area contributed by atoms with E-state index in [-0.39, 0.29) is 42.3 Å². The Morgan fingerprint density at radius 3 is 2.48 bits per heavy atom. The van der Waals surface area contributed by atoms with Crippen LogP contribution in [0.4, 0.5) is 0 Å². The minimum atomic E-state index is -1.29. The summed E-state index contributed by atoms with van der Waals surface area (Å²) in [6.07, 6.45) is 2.84. The van der Waals surface area contributed by atoms with Gasteiger partial charge in [0.1, 0.15) is 17.7 Å². The molecule has 3 saturated heterocycles. The number of fused-ring (bicyclic) bond motifs is 1. The molecule has 2 N–H and O–H groups in total. The fraction of sp³-hybridized carbons (Fsp3) is 0.576. The normalized spacial score (nSPS) is 29.1. The Bertz CT molecular complexity index is 1260. The Morgan fingerprint density at radius 1 is 1.20 bits per heavy atom. The summed E-state index contributed by atoms with van der Waals surface area (Å²) in [5.41, 5.74) is -0.605. The van der Waals surface area contributed by atoms with Crippen LogP contribution in [0.15, 0.2) is 55.6 Å². The summed E-state index contributed by atoms with van der Waals surface area (Å²) in [6, 6.07) is 6.62. The molecule has 3 fully saturated rings. The number of hydrogen-bond donors (Lipinski definition) is 2. The minimum Gasteiger partial charge on any atom is -0.455 e. The van der Waals surface area contributed by atoms with Gasteiger partial charge in [-0.1, -0.05) is 58.4 Å². The Balaban J connectivity index is 1.70. The predicted octanol–water partition coefficient (Wildman–Crippen LogP) is 3.29. The van der Waals surface area contributed by atoms with E-state index in [2.05, 4.69) is 34.4 Å². The largest absolute Gasteiger partial charge is 0.455 e. The number of ether oxygens (including phenoxy) is 2. The van der Waals surface area contributed by atoms with Crippen LogP contribution in [0.2, 0.25) is 0 Å². The minimum absolute atomic E-state index is 0.189. The van der Waals surface area contributed by atoms with E-state index in [4.69, 9.17) is 9.47 Å². The average molecular weight is 675 g/mol. The Hall–Kier alpha value is -3.02. The van der Waals surface area contributed by atoms with Gasteiger partial charge in [0, 0.05) is 23.8 Å². The van der Waals surface area contributed by atoms with Crippen LogP contribution in [0.1, 0.15) is 58.6 Å². The number of nitrogens with zero attached hydrogens (tertiary/aromatic N) is 2. The van der Waals surface area contributed by atoms with Crippen molar-refractivity contribution >= 4 is 39.6 Å². The van der Waals surface area contributed by atoms with Gasteiger partial charge < -0.3 is 29.7 Å². The van der Waals surface area contributed by atoms with Gasteiger partial charge in [0.2, 0.25) is 17.7 Å². The molecule has 1 aromatic rings. The highest BCUT2D eigenvalue weighted by Crippen LogP contribution is 2.61. The quantitative estimate of drug-likeness (QED) is 0.176. The zero-order chi connectivity index (χ0) is 32.3. The van der Waals surface area contributed by atoms with Gasteiger partial charge in [0.25, 0.3) is 0 Å². The van der Waals surface area contributed by atoms with Crippen LogP contribution in [0.25, 0.3) is 0 Å². The Labute approximate surface area is 267 Å². The maximum Gasteiger partial charge on any atom is 0.313 e. The highest BCUT2D eigenvalue weighted by molar-refractivity contribution is 9.09. The number of aliphatic hydroxyl groups excluding tert-OH is 1. The third-order valence-corrected chi connectivity index (χ3v) is 9.84. The Morgan fingerprint density at radius 2 is 1.89 bits per heavy atom. The van der Waals surface area contributed by atoms with Gasteiger partial charge >= 0.3 is 5.97 Å². The predicted molar refractivity (Wildman–Crippen MR) is 168 cm³/mol. The standard InChI is InChI=1S/C33H44BrN3O7/c1-7-9-15-24(39)35-21(6)27(22-13-11-10-12-14-22)43-32(42)25-26-30(40)37(20(5)18-38)29(31(41)36(16-8-2)19(3)4)33(26)17-23(34)28(25)44-33/h7-8,10-14,19-21,23,25-29,38H,1-2,9,15-18H2,3-6H3,(H,35,39)/t20-,21+,23?,25+,26-,27+,28+,29+,33-/m1/s1. The smallest absolute Gasteiger partial charge is 0.313 e. The molecule has 9 atom stereocenters. The first-order valence-corrected chi connectivity index (χ1v) is 16.2. The van der Waals surface area contributed by atoms with Gasteiger partial charge in [0.05, 0.1) is 36.6 Å². The molecule has 1 spiro atoms. The van der Waals surface area contributed by atoms with Crippen molar-refractivity contribution in [3.8, 4) is 0 Å². The number of hydrogen-bond acceptors (Lipinski definition) is 7. The summed E-state index contributed by atoms with van der Waals surface area (Å²) in [5.74, 6) is -3.57. The third-order valence-electron chi connectivity index (χ3n) is 8.99. The molecule has 10 nitrogen and oxygen atoms in total. The summed E-state index contributed by atoms with van der Waals surface area (Å²) in [5, 5.41) is 13.1. The number of carbonyl (C=O) groups excluding carboxylic acids is 4. The van der Waals surface area contributed by atoms with E-state index in [0.717, 1.165) is 0 Å². The van der Waals surface area contributed by atoms with Crippen molar-refractivity contribution in [3.63, 3.8) is 0 Å². The summed E-state index contributed by atoms with van der Waals surface area (Å²) >= 11 is 3.68. The summed E-state index contributed by atoms with van der Waals surface area (Å²) < 4.78 is 12.8. The lowest BCUT2D eigenvalue weighted by molar-refractivity contribution is -0.162. The van der Waals surface area contributed by atoms with Crippen LogP contribution in [-0.4, -0.2) is 92.4 Å². The van der Waals surface area contributed by atoms with E-state index in [9.17, 15) is 24.3 Å². The molecule has 240 valence electrons. The first-order valence-electron chi connectivity index (χ1n) is 15.2. The van der Waals surface area contributed by atoms with Crippen LogP contribution in [0.5, 0.6) is 0 Å². The molecule has 4 rings (SSSR count). The number of allylic oxidation sites excluding steroid dienone is 1. The second-order valence-corrected chi connectivity index (χ2v) is 13.4. The van der Waals surface area contributed by atoms with Crippen LogP contribution in [0.3, 0.4) is 0 Å². The van der Waals surface area contributed by atoms with Gasteiger partial charge in [0.15, 0.2) is 0 Å². The molecule has 2 bridgehead atoms. The SMILES string of the molecule is C=CCCC(=O)N[C@@H](C)[C@H](OC(=O)[C@@H]1[C@H]2O[C@@]3(CC2Br)[C@H](C(=O)N(CC=C)C(C)C)N([C@H](C)CO)C(=O)[C@@H]13)c1ccccc1. The molecular weight excluding hydrogens is 630 g/mol. The topological polar surface area (TPSA) is 125 Å². The lowest BCUT2D eigenvalue weighted by atomic mass is 9.70. The fourth-order valence-corrected chi connectivity index (χ4v) is 7.91. The average Bonchev–Trinajstić information content (AvgIpc) is 3.60. The van der Waals surface area contributed by atoms with E-state index in [1.165, 1.54) is 4.90 Å². The van der Waals surface area contributed by atoms with E-state index in [1.54, 1.807) is 30.9 Å². The number of alkyl halides is 1. The van der Waals surface area contributed by atoms with Crippen molar-refractivity contribution in [2.24, 2.45) is 11.8 Å². The monoisotopic (exact) mass is 673 g/mol. The number of halogens is 1.